The Bertz CT molecular complexity index is 1180. The second-order valence-corrected chi connectivity index (χ2v) is 6.23. The molecule has 1 aromatic carbocycles. The van der Waals surface area contributed by atoms with Crippen LogP contribution in [0.25, 0.3) is 27.6 Å². The molecule has 0 aliphatic heterocycles. The van der Waals surface area contributed by atoms with E-state index < -0.39 is 0 Å². The molecule has 0 saturated heterocycles. The summed E-state index contributed by atoms with van der Waals surface area (Å²) in [5.41, 5.74) is 3.39. The van der Waals surface area contributed by atoms with Crippen LogP contribution < -0.4 is 5.69 Å². The van der Waals surface area contributed by atoms with Crippen LogP contribution in [0.3, 0.4) is 0 Å². The van der Waals surface area contributed by atoms with Crippen LogP contribution >= 0.6 is 11.3 Å². The number of aryl methyl sites for hydroxylation is 1. The van der Waals surface area contributed by atoms with Crippen molar-refractivity contribution in [1.29, 1.82) is 0 Å². The number of hydrogen-bond acceptors (Lipinski definition) is 6. The Morgan fingerprint density at radius 2 is 2.16 bits per heavy atom. The van der Waals surface area contributed by atoms with Crippen molar-refractivity contribution >= 4 is 17.0 Å². The van der Waals surface area contributed by atoms with Crippen molar-refractivity contribution < 1.29 is 0 Å². The summed E-state index contributed by atoms with van der Waals surface area (Å²) in [5, 5.41) is 10.7. The average molecular weight is 349 g/mol. The van der Waals surface area contributed by atoms with E-state index in [4.69, 9.17) is 6.42 Å². The first kappa shape index (κ1) is 15.2. The number of aromatic nitrogens is 6. The Kier molecular flexibility index (Phi) is 3.63. The van der Waals surface area contributed by atoms with E-state index in [1.54, 1.807) is 0 Å². The number of thiazole rings is 1. The van der Waals surface area contributed by atoms with Gasteiger partial charge in [-0.25, -0.2) is 19.2 Å². The SMILES string of the molecule is C#CCn1nnc2c(-c3csc(-c4ccccc4[13CH3])n3)ncn2c1=O. The Balaban J connectivity index is 1.82. The minimum Gasteiger partial charge on any atom is -0.245 e. The van der Waals surface area contributed by atoms with Gasteiger partial charge in [-0.15, -0.1) is 22.9 Å². The van der Waals surface area contributed by atoms with Gasteiger partial charge in [0.1, 0.15) is 29.3 Å². The van der Waals surface area contributed by atoms with Gasteiger partial charge in [0.2, 0.25) is 0 Å². The molecule has 4 rings (SSSR count). The summed E-state index contributed by atoms with van der Waals surface area (Å²) >= 11 is 1.52. The third kappa shape index (κ3) is 2.51. The highest BCUT2D eigenvalue weighted by molar-refractivity contribution is 7.13. The van der Waals surface area contributed by atoms with Crippen LogP contribution in [0.15, 0.2) is 40.8 Å². The molecule has 8 heteroatoms. The van der Waals surface area contributed by atoms with E-state index in [1.807, 2.05) is 36.6 Å². The molecule has 7 nitrogen and oxygen atoms in total. The Labute approximate surface area is 146 Å². The van der Waals surface area contributed by atoms with Crippen molar-refractivity contribution in [3.05, 3.63) is 52.0 Å². The minimum absolute atomic E-state index is 0.0589. The van der Waals surface area contributed by atoms with Gasteiger partial charge >= 0.3 is 5.69 Å². The lowest BCUT2D eigenvalue weighted by Crippen LogP contribution is -2.29. The lowest BCUT2D eigenvalue weighted by atomic mass is 10.2. The van der Waals surface area contributed by atoms with Gasteiger partial charge in [-0.3, -0.25) is 0 Å². The van der Waals surface area contributed by atoms with Gasteiger partial charge in [0, 0.05) is 10.9 Å². The highest BCUT2D eigenvalue weighted by atomic mass is 32.1. The molecule has 0 unspecified atom stereocenters. The van der Waals surface area contributed by atoms with Gasteiger partial charge < -0.3 is 0 Å². The van der Waals surface area contributed by atoms with E-state index in [0.717, 1.165) is 20.8 Å². The van der Waals surface area contributed by atoms with Gasteiger partial charge in [0.15, 0.2) is 5.65 Å². The number of terminal acetylenes is 1. The second kappa shape index (κ2) is 5.96. The van der Waals surface area contributed by atoms with Gasteiger partial charge in [0.05, 0.1) is 0 Å². The number of hydrogen-bond donors (Lipinski definition) is 0. The number of imidazole rings is 1. The number of nitrogens with zero attached hydrogens (tertiary/aromatic N) is 6. The number of benzene rings is 1. The minimum atomic E-state index is -0.379. The first-order valence-electron chi connectivity index (χ1n) is 7.45. The van der Waals surface area contributed by atoms with E-state index in [1.165, 1.54) is 22.1 Å². The maximum atomic E-state index is 12.3. The first-order chi connectivity index (χ1) is 12.2. The summed E-state index contributed by atoms with van der Waals surface area (Å²) in [4.78, 5) is 21.3. The van der Waals surface area contributed by atoms with Crippen molar-refractivity contribution in [3.63, 3.8) is 0 Å². The monoisotopic (exact) mass is 349 g/mol. The van der Waals surface area contributed by atoms with Crippen LogP contribution in [0.2, 0.25) is 0 Å². The average Bonchev–Trinajstić information content (AvgIpc) is 3.25. The highest BCUT2D eigenvalue weighted by Gasteiger charge is 2.16. The fraction of sp³-hybridized carbons (Fsp3) is 0.118. The Morgan fingerprint density at radius 1 is 1.32 bits per heavy atom. The predicted molar refractivity (Wildman–Crippen MR) is 95.2 cm³/mol. The van der Waals surface area contributed by atoms with Crippen molar-refractivity contribution in [3.8, 4) is 34.3 Å². The van der Waals surface area contributed by atoms with Crippen molar-refractivity contribution in [1.82, 2.24) is 29.4 Å². The standard InChI is InChI=1S/C17H12N6OS/c1-3-8-23-17(24)22-10-18-14(15(22)20-21-23)13-9-25-16(19-13)12-7-5-4-6-11(12)2/h1,4-7,9-10H,8H2,2H3/i2+1. The first-order valence-corrected chi connectivity index (χ1v) is 8.33. The highest BCUT2D eigenvalue weighted by Crippen LogP contribution is 2.30. The molecule has 0 spiro atoms. The van der Waals surface area contributed by atoms with Gasteiger partial charge in [0.25, 0.3) is 0 Å². The summed E-state index contributed by atoms with van der Waals surface area (Å²) in [6.07, 6.45) is 6.65. The van der Waals surface area contributed by atoms with Crippen LogP contribution in [0.4, 0.5) is 0 Å². The molecule has 0 radical (unpaired) electrons. The van der Waals surface area contributed by atoms with Crippen LogP contribution in [0, 0.1) is 19.3 Å². The van der Waals surface area contributed by atoms with Crippen molar-refractivity contribution in [2.24, 2.45) is 0 Å². The Hall–Kier alpha value is -3.31. The molecule has 0 saturated carbocycles. The molecule has 0 atom stereocenters. The topological polar surface area (TPSA) is 78.0 Å². The van der Waals surface area contributed by atoms with E-state index in [2.05, 4.69) is 26.2 Å². The zero-order chi connectivity index (χ0) is 17.4. The third-order valence-corrected chi connectivity index (χ3v) is 4.66. The number of fused-ring (bicyclic) bond motifs is 1. The summed E-state index contributed by atoms with van der Waals surface area (Å²) in [6.45, 7) is 2.10. The molecule has 122 valence electrons. The zero-order valence-electron chi connectivity index (χ0n) is 13.2. The lowest BCUT2D eigenvalue weighted by Gasteiger charge is -2.00. The predicted octanol–water partition coefficient (Wildman–Crippen LogP) is 2.02. The summed E-state index contributed by atoms with van der Waals surface area (Å²) in [5.74, 6) is 2.37. The maximum absolute atomic E-state index is 12.3. The molecule has 3 heterocycles. The normalized spacial score (nSPS) is 10.9. The lowest BCUT2D eigenvalue weighted by molar-refractivity contribution is 0.577. The fourth-order valence-corrected chi connectivity index (χ4v) is 3.42. The Morgan fingerprint density at radius 3 is 2.96 bits per heavy atom. The molecule has 0 fully saturated rings. The van der Waals surface area contributed by atoms with Gasteiger partial charge in [-0.1, -0.05) is 35.4 Å². The maximum Gasteiger partial charge on any atom is 0.353 e. The molecule has 3 aromatic heterocycles. The molecule has 0 amide bonds. The van der Waals surface area contributed by atoms with E-state index in [9.17, 15) is 4.79 Å². The molecule has 25 heavy (non-hydrogen) atoms. The van der Waals surface area contributed by atoms with E-state index >= 15 is 0 Å². The third-order valence-electron chi connectivity index (χ3n) is 3.78. The zero-order valence-corrected chi connectivity index (χ0v) is 14.1. The summed E-state index contributed by atoms with van der Waals surface area (Å²) in [6, 6.07) is 8.05. The van der Waals surface area contributed by atoms with Crippen LogP contribution in [-0.2, 0) is 6.54 Å². The molecule has 0 N–H and O–H groups in total. The smallest absolute Gasteiger partial charge is 0.245 e. The van der Waals surface area contributed by atoms with Crippen LogP contribution in [0.1, 0.15) is 5.56 Å². The molecular weight excluding hydrogens is 337 g/mol. The largest absolute Gasteiger partial charge is 0.353 e. The molecule has 0 bridgehead atoms. The van der Waals surface area contributed by atoms with Crippen molar-refractivity contribution in [2.45, 2.75) is 13.5 Å². The van der Waals surface area contributed by atoms with E-state index in [-0.39, 0.29) is 12.2 Å². The number of rotatable bonds is 3. The molecule has 0 aliphatic carbocycles. The van der Waals surface area contributed by atoms with Gasteiger partial charge in [-0.2, -0.15) is 4.68 Å². The van der Waals surface area contributed by atoms with Gasteiger partial charge in [-0.05, 0) is 12.5 Å². The quantitative estimate of drug-likeness (QED) is 0.418. The fourth-order valence-electron chi connectivity index (χ4n) is 2.52. The van der Waals surface area contributed by atoms with E-state index in [0.29, 0.717) is 17.0 Å². The van der Waals surface area contributed by atoms with Crippen molar-refractivity contribution in [2.75, 3.05) is 0 Å². The molecule has 4 aromatic rings. The molecular formula is C17H12N6OS. The second-order valence-electron chi connectivity index (χ2n) is 5.37. The summed E-state index contributed by atoms with van der Waals surface area (Å²) in [7, 11) is 0. The summed E-state index contributed by atoms with van der Waals surface area (Å²) < 4.78 is 2.44. The van der Waals surface area contributed by atoms with Crippen LogP contribution in [-0.4, -0.2) is 29.4 Å². The molecule has 0 aliphatic rings. The van der Waals surface area contributed by atoms with Crippen LogP contribution in [0.5, 0.6) is 0 Å².